The lowest BCUT2D eigenvalue weighted by atomic mass is 9.80. The van der Waals surface area contributed by atoms with Gasteiger partial charge in [0.1, 0.15) is 0 Å². The van der Waals surface area contributed by atoms with Crippen molar-refractivity contribution in [1.82, 2.24) is 4.90 Å². The predicted octanol–water partition coefficient (Wildman–Crippen LogP) is 3.30. The summed E-state index contributed by atoms with van der Waals surface area (Å²) in [5.74, 6) is 0.897. The van der Waals surface area contributed by atoms with E-state index in [4.69, 9.17) is 0 Å². The summed E-state index contributed by atoms with van der Waals surface area (Å²) < 4.78 is 0. The van der Waals surface area contributed by atoms with Crippen LogP contribution in [0.4, 0.5) is 0 Å². The molecule has 1 aliphatic heterocycles. The fourth-order valence-electron chi connectivity index (χ4n) is 2.96. The first kappa shape index (κ1) is 11.0. The fourth-order valence-corrected chi connectivity index (χ4v) is 2.96. The van der Waals surface area contributed by atoms with Crippen molar-refractivity contribution in [2.75, 3.05) is 6.54 Å². The van der Waals surface area contributed by atoms with E-state index in [0.717, 1.165) is 5.92 Å². The molecule has 0 aromatic carbocycles. The third-order valence-corrected chi connectivity index (χ3v) is 3.23. The van der Waals surface area contributed by atoms with Crippen LogP contribution in [0.25, 0.3) is 0 Å². The summed E-state index contributed by atoms with van der Waals surface area (Å²) in [5, 5.41) is 0. The Hall–Kier alpha value is -0.0400. The standard InChI is InChI=1S/C12H25N/c1-10-7-8-13(11(2,3)4)12(5,6)9-10/h10H,7-9H2,1-6H3/t10-/m0/s1. The molecule has 0 spiro atoms. The van der Waals surface area contributed by atoms with Crippen LogP contribution in [0.15, 0.2) is 0 Å². The average Bonchev–Trinajstić information content (AvgIpc) is 1.79. The molecule has 13 heavy (non-hydrogen) atoms. The number of piperidine rings is 1. The minimum atomic E-state index is 0.323. The molecule has 1 heterocycles. The molecular weight excluding hydrogens is 158 g/mol. The lowest BCUT2D eigenvalue weighted by Crippen LogP contribution is -2.57. The van der Waals surface area contributed by atoms with Gasteiger partial charge in [0.05, 0.1) is 0 Å². The normalized spacial score (nSPS) is 30.5. The van der Waals surface area contributed by atoms with E-state index in [9.17, 15) is 0 Å². The molecule has 1 rings (SSSR count). The molecular formula is C12H25N. The van der Waals surface area contributed by atoms with Gasteiger partial charge in [-0.3, -0.25) is 4.90 Å². The Bertz CT molecular complexity index is 176. The predicted molar refractivity (Wildman–Crippen MR) is 58.9 cm³/mol. The molecule has 0 N–H and O–H groups in total. The summed E-state index contributed by atoms with van der Waals surface area (Å²) in [6.45, 7) is 15.4. The maximum Gasteiger partial charge on any atom is 0.0160 e. The zero-order valence-corrected chi connectivity index (χ0v) is 10.1. The van der Waals surface area contributed by atoms with Gasteiger partial charge in [-0.25, -0.2) is 0 Å². The van der Waals surface area contributed by atoms with Gasteiger partial charge in [0.25, 0.3) is 0 Å². The zero-order valence-electron chi connectivity index (χ0n) is 10.1. The molecule has 1 saturated heterocycles. The Morgan fingerprint density at radius 3 is 2.15 bits per heavy atom. The van der Waals surface area contributed by atoms with Gasteiger partial charge in [-0.2, -0.15) is 0 Å². The van der Waals surface area contributed by atoms with Gasteiger partial charge in [0.2, 0.25) is 0 Å². The topological polar surface area (TPSA) is 3.24 Å². The molecule has 0 radical (unpaired) electrons. The van der Waals surface area contributed by atoms with Crippen LogP contribution in [0.5, 0.6) is 0 Å². The summed E-state index contributed by atoms with van der Waals surface area (Å²) in [7, 11) is 0. The summed E-state index contributed by atoms with van der Waals surface area (Å²) in [6.07, 6.45) is 2.70. The second-order valence-electron chi connectivity index (χ2n) is 6.23. The lowest BCUT2D eigenvalue weighted by molar-refractivity contribution is -0.0194. The monoisotopic (exact) mass is 183 g/mol. The largest absolute Gasteiger partial charge is 0.293 e. The van der Waals surface area contributed by atoms with Crippen LogP contribution in [0, 0.1) is 5.92 Å². The molecule has 0 amide bonds. The molecule has 0 aromatic heterocycles. The Morgan fingerprint density at radius 1 is 1.23 bits per heavy atom. The second-order valence-corrected chi connectivity index (χ2v) is 6.23. The molecule has 0 aliphatic carbocycles. The highest BCUT2D eigenvalue weighted by Gasteiger charge is 2.38. The van der Waals surface area contributed by atoms with Crippen LogP contribution in [0.2, 0.25) is 0 Å². The Labute approximate surface area is 83.5 Å². The number of likely N-dealkylation sites (tertiary alicyclic amines) is 1. The molecule has 78 valence electrons. The van der Waals surface area contributed by atoms with E-state index in [0.29, 0.717) is 11.1 Å². The number of nitrogens with zero attached hydrogens (tertiary/aromatic N) is 1. The zero-order chi connectivity index (χ0) is 10.3. The van der Waals surface area contributed by atoms with Crippen LogP contribution >= 0.6 is 0 Å². The van der Waals surface area contributed by atoms with E-state index >= 15 is 0 Å². The van der Waals surface area contributed by atoms with Gasteiger partial charge in [0.15, 0.2) is 0 Å². The SMILES string of the molecule is C[C@H]1CCN(C(C)(C)C)C(C)(C)C1. The third-order valence-electron chi connectivity index (χ3n) is 3.23. The van der Waals surface area contributed by atoms with E-state index in [1.54, 1.807) is 0 Å². The minimum Gasteiger partial charge on any atom is -0.293 e. The third kappa shape index (κ3) is 2.46. The maximum atomic E-state index is 2.65. The van der Waals surface area contributed by atoms with Crippen LogP contribution in [-0.4, -0.2) is 22.5 Å². The molecule has 0 bridgehead atoms. The van der Waals surface area contributed by atoms with E-state index in [1.165, 1.54) is 19.4 Å². The van der Waals surface area contributed by atoms with Gasteiger partial charge in [0, 0.05) is 11.1 Å². The van der Waals surface area contributed by atoms with Gasteiger partial charge >= 0.3 is 0 Å². The van der Waals surface area contributed by atoms with Crippen molar-refractivity contribution in [2.45, 2.75) is 65.5 Å². The Kier molecular flexibility index (Phi) is 2.78. The van der Waals surface area contributed by atoms with E-state index in [2.05, 4.69) is 46.4 Å². The van der Waals surface area contributed by atoms with Crippen molar-refractivity contribution < 1.29 is 0 Å². The smallest absolute Gasteiger partial charge is 0.0160 e. The summed E-state index contributed by atoms with van der Waals surface area (Å²) in [6, 6.07) is 0. The molecule has 1 nitrogen and oxygen atoms in total. The first-order valence-electron chi connectivity index (χ1n) is 5.51. The average molecular weight is 183 g/mol. The molecule has 1 aliphatic rings. The maximum absolute atomic E-state index is 2.65. The van der Waals surface area contributed by atoms with Crippen molar-refractivity contribution in [3.8, 4) is 0 Å². The number of hydrogen-bond donors (Lipinski definition) is 0. The van der Waals surface area contributed by atoms with Crippen LogP contribution in [-0.2, 0) is 0 Å². The van der Waals surface area contributed by atoms with E-state index < -0.39 is 0 Å². The number of hydrogen-bond acceptors (Lipinski definition) is 1. The second kappa shape index (κ2) is 3.27. The molecule has 0 saturated carbocycles. The van der Waals surface area contributed by atoms with Gasteiger partial charge in [-0.05, 0) is 59.9 Å². The van der Waals surface area contributed by atoms with Crippen molar-refractivity contribution in [1.29, 1.82) is 0 Å². The summed E-state index contributed by atoms with van der Waals surface area (Å²) >= 11 is 0. The molecule has 0 unspecified atom stereocenters. The van der Waals surface area contributed by atoms with Gasteiger partial charge in [-0.1, -0.05) is 6.92 Å². The van der Waals surface area contributed by atoms with Crippen LogP contribution < -0.4 is 0 Å². The summed E-state index contributed by atoms with van der Waals surface area (Å²) in [5.41, 5.74) is 0.708. The van der Waals surface area contributed by atoms with Gasteiger partial charge in [-0.15, -0.1) is 0 Å². The van der Waals surface area contributed by atoms with Crippen LogP contribution in [0.3, 0.4) is 0 Å². The quantitative estimate of drug-likeness (QED) is 0.557. The molecule has 0 aromatic rings. The van der Waals surface area contributed by atoms with E-state index in [1.807, 2.05) is 0 Å². The number of rotatable bonds is 0. The first-order valence-corrected chi connectivity index (χ1v) is 5.51. The highest BCUT2D eigenvalue weighted by Crippen LogP contribution is 2.35. The molecule has 1 atom stereocenters. The Morgan fingerprint density at radius 2 is 1.77 bits per heavy atom. The fraction of sp³-hybridized carbons (Fsp3) is 1.00. The highest BCUT2D eigenvalue weighted by molar-refractivity contribution is 4.94. The lowest BCUT2D eigenvalue weighted by Gasteiger charge is -2.51. The van der Waals surface area contributed by atoms with E-state index in [-0.39, 0.29) is 0 Å². The first-order chi connectivity index (χ1) is 5.73. The highest BCUT2D eigenvalue weighted by atomic mass is 15.2. The van der Waals surface area contributed by atoms with Gasteiger partial charge < -0.3 is 0 Å². The Balaban J connectivity index is 2.76. The molecule has 1 heteroatoms. The minimum absolute atomic E-state index is 0.323. The van der Waals surface area contributed by atoms with Crippen molar-refractivity contribution in [3.05, 3.63) is 0 Å². The molecule has 1 fully saturated rings. The van der Waals surface area contributed by atoms with Crippen molar-refractivity contribution in [2.24, 2.45) is 5.92 Å². The van der Waals surface area contributed by atoms with Crippen molar-refractivity contribution >= 4 is 0 Å². The van der Waals surface area contributed by atoms with Crippen molar-refractivity contribution in [3.63, 3.8) is 0 Å². The summed E-state index contributed by atoms with van der Waals surface area (Å²) in [4.78, 5) is 2.65. The van der Waals surface area contributed by atoms with Crippen LogP contribution in [0.1, 0.15) is 54.4 Å².